The van der Waals surface area contributed by atoms with Gasteiger partial charge in [0.15, 0.2) is 0 Å². The quantitative estimate of drug-likeness (QED) is 0.589. The van der Waals surface area contributed by atoms with Crippen LogP contribution in [0.2, 0.25) is 0 Å². The lowest BCUT2D eigenvalue weighted by Gasteiger charge is -2.42. The SMILES string of the molecule is CC1Cc2cc(F)c(S(N)(=O)=O)cc2N1C(=O)C1CN(c2ccc(-c3cc(F)ccc3F)cc2)C1. The largest absolute Gasteiger partial charge is 0.370 e. The first-order valence-corrected chi connectivity index (χ1v) is 12.6. The summed E-state index contributed by atoms with van der Waals surface area (Å²) in [5, 5.41) is 5.13. The third-order valence-corrected chi connectivity index (χ3v) is 7.52. The molecule has 0 aromatic heterocycles. The van der Waals surface area contributed by atoms with Crippen molar-refractivity contribution in [3.63, 3.8) is 0 Å². The Hall–Kier alpha value is -3.37. The Morgan fingerprint density at radius 1 is 0.971 bits per heavy atom. The minimum absolute atomic E-state index is 0.169. The maximum absolute atomic E-state index is 14.2. The van der Waals surface area contributed by atoms with Crippen LogP contribution in [0.1, 0.15) is 12.5 Å². The van der Waals surface area contributed by atoms with Crippen molar-refractivity contribution in [1.82, 2.24) is 0 Å². The fourth-order valence-electron chi connectivity index (χ4n) is 4.79. The van der Waals surface area contributed by atoms with Crippen molar-refractivity contribution >= 4 is 27.3 Å². The van der Waals surface area contributed by atoms with E-state index >= 15 is 0 Å². The summed E-state index contributed by atoms with van der Waals surface area (Å²) in [5.74, 6) is -2.46. The van der Waals surface area contributed by atoms with Crippen LogP contribution < -0.4 is 14.9 Å². The van der Waals surface area contributed by atoms with Crippen molar-refractivity contribution in [2.24, 2.45) is 11.1 Å². The maximum Gasteiger partial charge on any atom is 0.241 e. The summed E-state index contributed by atoms with van der Waals surface area (Å²) < 4.78 is 65.3. The number of rotatable bonds is 4. The van der Waals surface area contributed by atoms with Gasteiger partial charge >= 0.3 is 0 Å². The van der Waals surface area contributed by atoms with Gasteiger partial charge in [0.2, 0.25) is 15.9 Å². The number of carbonyl (C=O) groups is 1. The molecule has 2 heterocycles. The van der Waals surface area contributed by atoms with E-state index in [2.05, 4.69) is 0 Å². The van der Waals surface area contributed by atoms with Crippen LogP contribution in [-0.4, -0.2) is 33.5 Å². The molecule has 6 nitrogen and oxygen atoms in total. The van der Waals surface area contributed by atoms with Crippen LogP contribution in [-0.2, 0) is 21.2 Å². The number of anilines is 2. The number of amides is 1. The maximum atomic E-state index is 14.2. The average molecular weight is 502 g/mol. The Kier molecular flexibility index (Phi) is 5.60. The number of hydrogen-bond donors (Lipinski definition) is 1. The molecule has 1 saturated heterocycles. The van der Waals surface area contributed by atoms with Crippen LogP contribution in [0.25, 0.3) is 11.1 Å². The van der Waals surface area contributed by atoms with E-state index in [1.807, 2.05) is 11.8 Å². The highest BCUT2D eigenvalue weighted by molar-refractivity contribution is 7.89. The monoisotopic (exact) mass is 501 g/mol. The number of halogens is 3. The van der Waals surface area contributed by atoms with E-state index < -0.39 is 32.4 Å². The van der Waals surface area contributed by atoms with Gasteiger partial charge in [0, 0.05) is 36.1 Å². The normalized spacial score (nSPS) is 17.9. The fraction of sp³-hybridized carbons (Fsp3) is 0.240. The van der Waals surface area contributed by atoms with E-state index in [9.17, 15) is 26.4 Å². The van der Waals surface area contributed by atoms with Crippen LogP contribution >= 0.6 is 0 Å². The molecule has 2 N–H and O–H groups in total. The molecule has 5 rings (SSSR count). The molecule has 1 atom stereocenters. The number of carbonyl (C=O) groups excluding carboxylic acids is 1. The first kappa shape index (κ1) is 23.4. The summed E-state index contributed by atoms with van der Waals surface area (Å²) in [5.41, 5.74) is 2.48. The number of hydrogen-bond acceptors (Lipinski definition) is 4. The summed E-state index contributed by atoms with van der Waals surface area (Å²) in [4.78, 5) is 16.2. The van der Waals surface area contributed by atoms with E-state index in [0.717, 1.165) is 36.0 Å². The molecule has 1 unspecified atom stereocenters. The van der Waals surface area contributed by atoms with Crippen LogP contribution in [0, 0.1) is 23.4 Å². The molecule has 3 aromatic carbocycles. The highest BCUT2D eigenvalue weighted by Crippen LogP contribution is 2.38. The summed E-state index contributed by atoms with van der Waals surface area (Å²) >= 11 is 0. The zero-order valence-corrected chi connectivity index (χ0v) is 19.5. The second-order valence-corrected chi connectivity index (χ2v) is 10.5. The van der Waals surface area contributed by atoms with Crippen LogP contribution in [0.3, 0.4) is 0 Å². The summed E-state index contributed by atoms with van der Waals surface area (Å²) in [7, 11) is -4.27. The predicted molar refractivity (Wildman–Crippen MR) is 126 cm³/mol. The standard InChI is InChI=1S/C25H22F3N3O3S/c1-14-8-16-9-22(28)24(35(29,33)34)11-23(16)31(14)25(32)17-12-30(13-17)19-5-2-15(3-6-19)20-10-18(26)4-7-21(20)27/h2-7,9-11,14,17H,8,12-13H2,1H3,(H2,29,33,34). The Labute approximate surface area is 200 Å². The lowest BCUT2D eigenvalue weighted by Crippen LogP contribution is -2.55. The molecular formula is C25H22F3N3O3S. The number of sulfonamides is 1. The van der Waals surface area contributed by atoms with Crippen molar-refractivity contribution in [2.45, 2.75) is 24.3 Å². The highest BCUT2D eigenvalue weighted by atomic mass is 32.2. The molecule has 10 heteroatoms. The number of fused-ring (bicyclic) bond motifs is 1. The van der Waals surface area contributed by atoms with Gasteiger partial charge in [-0.1, -0.05) is 12.1 Å². The number of benzene rings is 3. The third-order valence-electron chi connectivity index (χ3n) is 6.60. The second-order valence-electron chi connectivity index (χ2n) is 8.99. The fourth-order valence-corrected chi connectivity index (χ4v) is 5.39. The van der Waals surface area contributed by atoms with Crippen LogP contribution in [0.5, 0.6) is 0 Å². The van der Waals surface area contributed by atoms with E-state index in [4.69, 9.17) is 5.14 Å². The molecule has 3 aromatic rings. The summed E-state index contributed by atoms with van der Waals surface area (Å²) in [6.07, 6.45) is 0.414. The van der Waals surface area contributed by atoms with Gasteiger partial charge in [-0.2, -0.15) is 0 Å². The van der Waals surface area contributed by atoms with Gasteiger partial charge in [-0.15, -0.1) is 0 Å². The first-order chi connectivity index (χ1) is 16.5. The van der Waals surface area contributed by atoms with Crippen molar-refractivity contribution in [2.75, 3.05) is 22.9 Å². The molecule has 0 bridgehead atoms. The lowest BCUT2D eigenvalue weighted by molar-refractivity contribution is -0.123. The Morgan fingerprint density at radius 2 is 1.66 bits per heavy atom. The molecule has 2 aliphatic heterocycles. The van der Waals surface area contributed by atoms with Gasteiger partial charge in [0.05, 0.1) is 5.92 Å². The first-order valence-electron chi connectivity index (χ1n) is 11.0. The van der Waals surface area contributed by atoms with Gasteiger partial charge < -0.3 is 9.80 Å². The van der Waals surface area contributed by atoms with Crippen molar-refractivity contribution < 1.29 is 26.4 Å². The van der Waals surface area contributed by atoms with E-state index in [0.29, 0.717) is 36.3 Å². The molecule has 0 spiro atoms. The number of primary sulfonamides is 1. The van der Waals surface area contributed by atoms with E-state index in [-0.39, 0.29) is 23.4 Å². The lowest BCUT2D eigenvalue weighted by atomic mass is 9.96. The molecule has 0 radical (unpaired) electrons. The van der Waals surface area contributed by atoms with Crippen LogP contribution in [0.4, 0.5) is 24.5 Å². The second kappa shape index (κ2) is 8.39. The van der Waals surface area contributed by atoms with E-state index in [1.165, 1.54) is 4.90 Å². The van der Waals surface area contributed by atoms with Gasteiger partial charge in [-0.3, -0.25) is 4.79 Å². The average Bonchev–Trinajstić information content (AvgIpc) is 3.08. The molecule has 182 valence electrons. The van der Waals surface area contributed by atoms with Crippen molar-refractivity contribution in [1.29, 1.82) is 0 Å². The Bertz CT molecular complexity index is 1440. The molecule has 2 aliphatic rings. The summed E-state index contributed by atoms with van der Waals surface area (Å²) in [6.45, 7) is 2.70. The van der Waals surface area contributed by atoms with E-state index in [1.54, 1.807) is 24.3 Å². The molecule has 1 fully saturated rings. The molecule has 1 amide bonds. The molecule has 0 aliphatic carbocycles. The summed E-state index contributed by atoms with van der Waals surface area (Å²) in [6, 6.07) is 12.3. The topological polar surface area (TPSA) is 83.7 Å². The van der Waals surface area contributed by atoms with Gasteiger partial charge in [0.1, 0.15) is 22.3 Å². The minimum atomic E-state index is -4.27. The zero-order valence-electron chi connectivity index (χ0n) is 18.7. The van der Waals surface area contributed by atoms with Gasteiger partial charge in [-0.25, -0.2) is 26.7 Å². The Balaban J connectivity index is 1.31. The minimum Gasteiger partial charge on any atom is -0.370 e. The predicted octanol–water partition coefficient (Wildman–Crippen LogP) is 3.83. The van der Waals surface area contributed by atoms with Crippen LogP contribution in [0.15, 0.2) is 59.5 Å². The molecular weight excluding hydrogens is 479 g/mol. The molecule has 0 saturated carbocycles. The third kappa shape index (κ3) is 4.17. The zero-order chi connectivity index (χ0) is 25.1. The number of nitrogens with zero attached hydrogens (tertiary/aromatic N) is 2. The molecule has 35 heavy (non-hydrogen) atoms. The van der Waals surface area contributed by atoms with Crippen molar-refractivity contribution in [3.8, 4) is 11.1 Å². The smallest absolute Gasteiger partial charge is 0.241 e. The van der Waals surface area contributed by atoms with Gasteiger partial charge in [0.25, 0.3) is 0 Å². The highest BCUT2D eigenvalue weighted by Gasteiger charge is 2.41. The Morgan fingerprint density at radius 3 is 2.31 bits per heavy atom. The van der Waals surface area contributed by atoms with Gasteiger partial charge in [-0.05, 0) is 66.9 Å². The number of nitrogens with two attached hydrogens (primary N) is 1. The van der Waals surface area contributed by atoms with Crippen molar-refractivity contribution in [3.05, 3.63) is 77.6 Å².